The van der Waals surface area contributed by atoms with Crippen molar-refractivity contribution in [1.82, 2.24) is 19.4 Å². The average Bonchev–Trinajstić information content (AvgIpc) is 3.33. The normalized spacial score (nSPS) is 11.4. The molecule has 140 valence electrons. The van der Waals surface area contributed by atoms with Crippen molar-refractivity contribution in [2.45, 2.75) is 32.9 Å². The fraction of sp³-hybridized carbons (Fsp3) is 0.217. The molecule has 0 spiro atoms. The van der Waals surface area contributed by atoms with Gasteiger partial charge in [-0.2, -0.15) is 10.2 Å². The summed E-state index contributed by atoms with van der Waals surface area (Å²) in [7, 11) is 0. The first-order valence-corrected chi connectivity index (χ1v) is 9.30. The van der Waals surface area contributed by atoms with Gasteiger partial charge in [0.05, 0.1) is 23.5 Å². The smallest absolute Gasteiger partial charge is 0.120 e. The van der Waals surface area contributed by atoms with E-state index in [4.69, 9.17) is 0 Å². The third kappa shape index (κ3) is 3.55. The maximum atomic E-state index is 9.94. The molecule has 0 saturated heterocycles. The summed E-state index contributed by atoms with van der Waals surface area (Å²) in [6.07, 6.45) is 7.70. The van der Waals surface area contributed by atoms with E-state index in [1.165, 1.54) is 0 Å². The van der Waals surface area contributed by atoms with E-state index in [9.17, 15) is 5.11 Å². The highest BCUT2D eigenvalue weighted by molar-refractivity contribution is 5.85. The van der Waals surface area contributed by atoms with Gasteiger partial charge in [0.15, 0.2) is 0 Å². The predicted molar refractivity (Wildman–Crippen MR) is 111 cm³/mol. The molecule has 0 unspecified atom stereocenters. The minimum absolute atomic E-state index is 0.838. The standard InChI is InChI=1S/C23H22N4O/c1-4-26-16-20(14-24-26)17-7-9-18(10-8-17)21-15-25-27-13-5-6-19(22(21)27)11-12-23(2,3)28/h5-10,13-16,28H,4H2,1-3H3. The Kier molecular flexibility index (Phi) is 4.50. The molecule has 0 radical (unpaired) electrons. The Morgan fingerprint density at radius 2 is 1.75 bits per heavy atom. The molecule has 1 aromatic carbocycles. The number of hydrogen-bond acceptors (Lipinski definition) is 3. The second kappa shape index (κ2) is 6.99. The molecule has 0 saturated carbocycles. The molecule has 3 aromatic heterocycles. The van der Waals surface area contributed by atoms with Crippen LogP contribution in [0.1, 0.15) is 26.3 Å². The number of benzene rings is 1. The maximum absolute atomic E-state index is 9.94. The van der Waals surface area contributed by atoms with E-state index in [-0.39, 0.29) is 0 Å². The highest BCUT2D eigenvalue weighted by Gasteiger charge is 2.12. The molecule has 0 bridgehead atoms. The van der Waals surface area contributed by atoms with Gasteiger partial charge in [0.25, 0.3) is 0 Å². The lowest BCUT2D eigenvalue weighted by Crippen LogP contribution is -2.14. The molecule has 3 heterocycles. The van der Waals surface area contributed by atoms with Gasteiger partial charge in [-0.1, -0.05) is 36.1 Å². The molecule has 0 atom stereocenters. The van der Waals surface area contributed by atoms with Crippen molar-refractivity contribution in [2.75, 3.05) is 0 Å². The molecule has 5 heteroatoms. The number of nitrogens with zero attached hydrogens (tertiary/aromatic N) is 4. The van der Waals surface area contributed by atoms with Gasteiger partial charge in [-0.25, -0.2) is 4.52 Å². The van der Waals surface area contributed by atoms with Crippen LogP contribution in [0.2, 0.25) is 0 Å². The van der Waals surface area contributed by atoms with E-state index < -0.39 is 5.60 Å². The van der Waals surface area contributed by atoms with Gasteiger partial charge < -0.3 is 5.11 Å². The Morgan fingerprint density at radius 3 is 2.43 bits per heavy atom. The fourth-order valence-electron chi connectivity index (χ4n) is 3.10. The molecular weight excluding hydrogens is 348 g/mol. The van der Waals surface area contributed by atoms with E-state index in [1.807, 2.05) is 39.9 Å². The molecule has 0 aliphatic heterocycles. The molecule has 0 aliphatic carbocycles. The first kappa shape index (κ1) is 18.0. The van der Waals surface area contributed by atoms with Gasteiger partial charge in [0.1, 0.15) is 5.60 Å². The van der Waals surface area contributed by atoms with Gasteiger partial charge in [-0.3, -0.25) is 4.68 Å². The van der Waals surface area contributed by atoms with Gasteiger partial charge in [-0.15, -0.1) is 0 Å². The van der Waals surface area contributed by atoms with E-state index in [1.54, 1.807) is 13.8 Å². The molecule has 5 nitrogen and oxygen atoms in total. The first-order chi connectivity index (χ1) is 13.4. The van der Waals surface area contributed by atoms with Crippen LogP contribution in [0.15, 0.2) is 61.2 Å². The highest BCUT2D eigenvalue weighted by atomic mass is 16.3. The third-order valence-corrected chi connectivity index (χ3v) is 4.53. The largest absolute Gasteiger partial charge is 0.378 e. The van der Waals surface area contributed by atoms with Crippen molar-refractivity contribution in [3.05, 3.63) is 66.7 Å². The third-order valence-electron chi connectivity index (χ3n) is 4.53. The van der Waals surface area contributed by atoms with Gasteiger partial charge in [-0.05, 0) is 44.0 Å². The van der Waals surface area contributed by atoms with Crippen LogP contribution < -0.4 is 0 Å². The molecule has 4 aromatic rings. The van der Waals surface area contributed by atoms with Crippen LogP contribution in [0.5, 0.6) is 0 Å². The number of rotatable bonds is 3. The second-order valence-electron chi connectivity index (χ2n) is 7.24. The lowest BCUT2D eigenvalue weighted by Gasteiger charge is -2.07. The Balaban J connectivity index is 1.76. The average molecular weight is 370 g/mol. The quantitative estimate of drug-likeness (QED) is 0.555. The zero-order valence-corrected chi connectivity index (χ0v) is 16.2. The number of pyridine rings is 1. The van der Waals surface area contributed by atoms with E-state index >= 15 is 0 Å². The molecular formula is C23H22N4O. The lowest BCUT2D eigenvalue weighted by molar-refractivity contribution is 0.143. The summed E-state index contributed by atoms with van der Waals surface area (Å²) in [6.45, 7) is 6.28. The Hall–Kier alpha value is -3.36. The number of aromatic nitrogens is 4. The van der Waals surface area contributed by atoms with Gasteiger partial charge in [0, 0.05) is 30.1 Å². The van der Waals surface area contributed by atoms with Gasteiger partial charge in [0.2, 0.25) is 0 Å². The van der Waals surface area contributed by atoms with Crippen molar-refractivity contribution < 1.29 is 5.11 Å². The zero-order chi connectivity index (χ0) is 19.7. The number of fused-ring (bicyclic) bond motifs is 1. The second-order valence-corrected chi connectivity index (χ2v) is 7.24. The Morgan fingerprint density at radius 1 is 1.00 bits per heavy atom. The van der Waals surface area contributed by atoms with Gasteiger partial charge >= 0.3 is 0 Å². The molecule has 1 N–H and O–H groups in total. The summed E-state index contributed by atoms with van der Waals surface area (Å²) < 4.78 is 3.74. The van der Waals surface area contributed by atoms with E-state index in [2.05, 4.69) is 59.4 Å². The summed E-state index contributed by atoms with van der Waals surface area (Å²) in [5.74, 6) is 5.99. The van der Waals surface area contributed by atoms with Crippen molar-refractivity contribution in [3.8, 4) is 34.1 Å². The van der Waals surface area contributed by atoms with Crippen LogP contribution in [0.4, 0.5) is 0 Å². The summed E-state index contributed by atoms with van der Waals surface area (Å²) in [5.41, 5.74) is 5.04. The minimum atomic E-state index is -1.04. The van der Waals surface area contributed by atoms with Crippen LogP contribution in [-0.2, 0) is 6.54 Å². The van der Waals surface area contributed by atoms with Crippen molar-refractivity contribution in [3.63, 3.8) is 0 Å². The molecule has 4 rings (SSSR count). The summed E-state index contributed by atoms with van der Waals surface area (Å²) in [4.78, 5) is 0. The molecule has 0 fully saturated rings. The van der Waals surface area contributed by atoms with Crippen molar-refractivity contribution in [2.24, 2.45) is 0 Å². The molecule has 28 heavy (non-hydrogen) atoms. The van der Waals surface area contributed by atoms with Crippen LogP contribution in [-0.4, -0.2) is 30.1 Å². The summed E-state index contributed by atoms with van der Waals surface area (Å²) in [5, 5.41) is 18.8. The van der Waals surface area contributed by atoms with Crippen LogP contribution in [0.25, 0.3) is 27.8 Å². The number of hydrogen-bond donors (Lipinski definition) is 1. The Labute approximate surface area is 164 Å². The maximum Gasteiger partial charge on any atom is 0.120 e. The van der Waals surface area contributed by atoms with E-state index in [0.717, 1.165) is 39.9 Å². The number of aliphatic hydroxyl groups is 1. The van der Waals surface area contributed by atoms with Crippen LogP contribution >= 0.6 is 0 Å². The Bertz CT molecular complexity index is 1180. The number of aryl methyl sites for hydroxylation is 1. The topological polar surface area (TPSA) is 55.4 Å². The van der Waals surface area contributed by atoms with Crippen molar-refractivity contribution >= 4 is 5.52 Å². The minimum Gasteiger partial charge on any atom is -0.378 e. The predicted octanol–water partition coefficient (Wildman–Crippen LogP) is 4.01. The van der Waals surface area contributed by atoms with Crippen LogP contribution in [0, 0.1) is 11.8 Å². The van der Waals surface area contributed by atoms with Crippen molar-refractivity contribution in [1.29, 1.82) is 0 Å². The zero-order valence-electron chi connectivity index (χ0n) is 16.2. The van der Waals surface area contributed by atoms with E-state index in [0.29, 0.717) is 0 Å². The molecule has 0 aliphatic rings. The summed E-state index contributed by atoms with van der Waals surface area (Å²) >= 11 is 0. The lowest BCUT2D eigenvalue weighted by atomic mass is 10.0. The SMILES string of the molecule is CCn1cc(-c2ccc(-c3cnn4cccc(C#CC(C)(C)O)c34)cc2)cn1. The summed E-state index contributed by atoms with van der Waals surface area (Å²) in [6, 6.07) is 12.2. The van der Waals surface area contributed by atoms with Crippen LogP contribution in [0.3, 0.4) is 0 Å². The first-order valence-electron chi connectivity index (χ1n) is 9.30. The fourth-order valence-corrected chi connectivity index (χ4v) is 3.10. The molecule has 0 amide bonds. The monoisotopic (exact) mass is 370 g/mol. The highest BCUT2D eigenvalue weighted by Crippen LogP contribution is 2.29.